The van der Waals surface area contributed by atoms with Crippen LogP contribution in [0.25, 0.3) is 11.2 Å². The molecule has 3 N–H and O–H groups in total. The van der Waals surface area contributed by atoms with Crippen molar-refractivity contribution in [3.63, 3.8) is 0 Å². The van der Waals surface area contributed by atoms with Crippen LogP contribution in [0.2, 0.25) is 0 Å². The average Bonchev–Trinajstić information content (AvgIpc) is 3.25. The Morgan fingerprint density at radius 3 is 2.71 bits per heavy atom. The SMILES string of the molecule is C=CC(=O)N1CCN(c2cnc3[nH]cc(C(=O)N[C@@H](CO)c4ccc(F)cc4)c3n2)CC1(C)C. The molecule has 3 heterocycles. The summed E-state index contributed by atoms with van der Waals surface area (Å²) in [7, 11) is 0. The van der Waals surface area contributed by atoms with Gasteiger partial charge in [0.1, 0.15) is 17.2 Å². The van der Waals surface area contributed by atoms with Crippen molar-refractivity contribution in [1.82, 2.24) is 25.2 Å². The number of nitrogens with one attached hydrogen (secondary N) is 2. The van der Waals surface area contributed by atoms with Gasteiger partial charge >= 0.3 is 0 Å². The van der Waals surface area contributed by atoms with Crippen LogP contribution in [0.1, 0.15) is 35.8 Å². The third kappa shape index (κ3) is 4.49. The first kappa shape index (κ1) is 23.4. The zero-order valence-electron chi connectivity index (χ0n) is 19.1. The third-order valence-electron chi connectivity index (χ3n) is 6.04. The molecule has 34 heavy (non-hydrogen) atoms. The number of carbonyl (C=O) groups excluding carboxylic acids is 2. The Hall–Kier alpha value is -3.79. The molecule has 4 rings (SSSR count). The molecule has 1 aromatic carbocycles. The van der Waals surface area contributed by atoms with E-state index >= 15 is 0 Å². The number of aliphatic hydroxyl groups is 1. The molecule has 0 bridgehead atoms. The molecule has 0 saturated carbocycles. The van der Waals surface area contributed by atoms with Crippen molar-refractivity contribution in [2.75, 3.05) is 31.1 Å². The number of anilines is 1. The summed E-state index contributed by atoms with van der Waals surface area (Å²) in [6, 6.07) is 4.88. The lowest BCUT2D eigenvalue weighted by Crippen LogP contribution is -2.61. The molecule has 1 aliphatic rings. The average molecular weight is 467 g/mol. The zero-order chi connectivity index (χ0) is 24.5. The van der Waals surface area contributed by atoms with E-state index in [4.69, 9.17) is 0 Å². The summed E-state index contributed by atoms with van der Waals surface area (Å²) in [6.07, 6.45) is 4.48. The van der Waals surface area contributed by atoms with E-state index in [9.17, 15) is 19.1 Å². The maximum atomic E-state index is 13.2. The van der Waals surface area contributed by atoms with Crippen molar-refractivity contribution >= 4 is 28.8 Å². The van der Waals surface area contributed by atoms with Crippen molar-refractivity contribution in [1.29, 1.82) is 0 Å². The molecular weight excluding hydrogens is 439 g/mol. The standard InChI is InChI=1S/C24H27FN6O3/c1-4-20(33)31-10-9-30(14-24(31,2)3)19-12-27-22-21(29-19)17(11-26-22)23(34)28-18(13-32)15-5-7-16(25)8-6-15/h4-8,11-12,18,32H,1,9-10,13-14H2,2-3H3,(H,26,27)(H,28,34)/t18-/m0/s1. The van der Waals surface area contributed by atoms with Gasteiger partial charge in [-0.15, -0.1) is 0 Å². The second-order valence-corrected chi connectivity index (χ2v) is 8.82. The molecule has 0 aliphatic carbocycles. The van der Waals surface area contributed by atoms with E-state index in [1.807, 2.05) is 18.7 Å². The Morgan fingerprint density at radius 2 is 2.06 bits per heavy atom. The lowest BCUT2D eigenvalue weighted by atomic mass is 9.98. The summed E-state index contributed by atoms with van der Waals surface area (Å²) in [5.74, 6) is -0.362. The molecule has 1 atom stereocenters. The summed E-state index contributed by atoms with van der Waals surface area (Å²) in [5.41, 5.74) is 1.27. The van der Waals surface area contributed by atoms with Crippen molar-refractivity contribution < 1.29 is 19.1 Å². The molecule has 0 spiro atoms. The minimum atomic E-state index is -0.703. The van der Waals surface area contributed by atoms with Crippen LogP contribution in [0.5, 0.6) is 0 Å². The van der Waals surface area contributed by atoms with E-state index in [0.29, 0.717) is 42.2 Å². The summed E-state index contributed by atoms with van der Waals surface area (Å²) >= 11 is 0. The molecule has 0 unspecified atom stereocenters. The fraction of sp³-hybridized carbons (Fsp3) is 0.333. The molecule has 3 aromatic rings. The summed E-state index contributed by atoms with van der Waals surface area (Å²) < 4.78 is 13.2. The number of amides is 2. The third-order valence-corrected chi connectivity index (χ3v) is 6.04. The molecule has 9 nitrogen and oxygen atoms in total. The first-order chi connectivity index (χ1) is 16.2. The zero-order valence-corrected chi connectivity index (χ0v) is 19.1. The fourth-order valence-electron chi connectivity index (χ4n) is 4.24. The second kappa shape index (κ2) is 9.22. The predicted molar refractivity (Wildman–Crippen MR) is 126 cm³/mol. The van der Waals surface area contributed by atoms with E-state index in [2.05, 4.69) is 26.8 Å². The highest BCUT2D eigenvalue weighted by molar-refractivity contribution is 6.04. The largest absolute Gasteiger partial charge is 0.394 e. The fourth-order valence-corrected chi connectivity index (χ4v) is 4.24. The van der Waals surface area contributed by atoms with Crippen LogP contribution in [-0.2, 0) is 4.79 Å². The van der Waals surface area contributed by atoms with Crippen LogP contribution in [0, 0.1) is 5.82 Å². The lowest BCUT2D eigenvalue weighted by Gasteiger charge is -2.47. The van der Waals surface area contributed by atoms with E-state index in [1.54, 1.807) is 11.1 Å². The van der Waals surface area contributed by atoms with Crippen LogP contribution >= 0.6 is 0 Å². The molecule has 2 amide bonds. The van der Waals surface area contributed by atoms with Gasteiger partial charge in [0.05, 0.1) is 29.9 Å². The predicted octanol–water partition coefficient (Wildman–Crippen LogP) is 2.17. The maximum Gasteiger partial charge on any atom is 0.255 e. The van der Waals surface area contributed by atoms with E-state index in [-0.39, 0.29) is 18.1 Å². The monoisotopic (exact) mass is 466 g/mol. The van der Waals surface area contributed by atoms with Gasteiger partial charge in [-0.25, -0.2) is 14.4 Å². The smallest absolute Gasteiger partial charge is 0.255 e. The maximum absolute atomic E-state index is 13.2. The number of aromatic amines is 1. The number of piperazine rings is 1. The van der Waals surface area contributed by atoms with Gasteiger partial charge in [0, 0.05) is 25.8 Å². The van der Waals surface area contributed by atoms with Gasteiger partial charge in [0.2, 0.25) is 5.91 Å². The van der Waals surface area contributed by atoms with Gasteiger partial charge in [-0.1, -0.05) is 18.7 Å². The number of fused-ring (bicyclic) bond motifs is 1. The quantitative estimate of drug-likeness (QED) is 0.480. The van der Waals surface area contributed by atoms with Crippen LogP contribution < -0.4 is 10.2 Å². The summed E-state index contributed by atoms with van der Waals surface area (Å²) in [6.45, 7) is 8.80. The Labute approximate surface area is 196 Å². The number of carbonyl (C=O) groups is 2. The number of H-pyrrole nitrogens is 1. The summed E-state index contributed by atoms with van der Waals surface area (Å²) in [4.78, 5) is 41.1. The highest BCUT2D eigenvalue weighted by Gasteiger charge is 2.36. The number of halogens is 1. The summed E-state index contributed by atoms with van der Waals surface area (Å²) in [5, 5.41) is 12.5. The Kier molecular flexibility index (Phi) is 6.34. The highest BCUT2D eigenvalue weighted by Crippen LogP contribution is 2.26. The molecule has 0 radical (unpaired) electrons. The first-order valence-electron chi connectivity index (χ1n) is 10.9. The van der Waals surface area contributed by atoms with E-state index in [1.165, 1.54) is 36.5 Å². The molecule has 2 aromatic heterocycles. The van der Waals surface area contributed by atoms with E-state index in [0.717, 1.165) is 0 Å². The number of hydrogen-bond acceptors (Lipinski definition) is 6. The highest BCUT2D eigenvalue weighted by atomic mass is 19.1. The molecule has 10 heteroatoms. The molecule has 1 saturated heterocycles. The van der Waals surface area contributed by atoms with Crippen LogP contribution in [0.3, 0.4) is 0 Å². The Bertz CT molecular complexity index is 1220. The van der Waals surface area contributed by atoms with Crippen LogP contribution in [0.15, 0.2) is 49.3 Å². The normalized spacial score (nSPS) is 16.4. The van der Waals surface area contributed by atoms with Crippen molar-refractivity contribution in [3.05, 3.63) is 66.3 Å². The number of rotatable bonds is 6. The molecule has 1 aliphatic heterocycles. The second-order valence-electron chi connectivity index (χ2n) is 8.82. The van der Waals surface area contributed by atoms with Crippen molar-refractivity contribution in [3.8, 4) is 0 Å². The molecular formula is C24H27FN6O3. The lowest BCUT2D eigenvalue weighted by molar-refractivity contribution is -0.131. The van der Waals surface area contributed by atoms with Gasteiger partial charge in [-0.05, 0) is 37.6 Å². The number of nitrogens with zero attached hydrogens (tertiary/aromatic N) is 4. The van der Waals surface area contributed by atoms with Crippen LogP contribution in [0.4, 0.5) is 10.2 Å². The number of aromatic nitrogens is 3. The minimum absolute atomic E-state index is 0.115. The van der Waals surface area contributed by atoms with E-state index < -0.39 is 23.3 Å². The number of hydrogen-bond donors (Lipinski definition) is 3. The van der Waals surface area contributed by atoms with Gasteiger partial charge in [0.25, 0.3) is 5.91 Å². The Balaban J connectivity index is 1.57. The minimum Gasteiger partial charge on any atom is -0.394 e. The first-order valence-corrected chi connectivity index (χ1v) is 10.9. The van der Waals surface area contributed by atoms with Crippen molar-refractivity contribution in [2.45, 2.75) is 25.4 Å². The van der Waals surface area contributed by atoms with Gasteiger partial charge in [-0.2, -0.15) is 0 Å². The molecule has 178 valence electrons. The van der Waals surface area contributed by atoms with Gasteiger partial charge in [0.15, 0.2) is 5.65 Å². The number of benzene rings is 1. The Morgan fingerprint density at radius 1 is 1.32 bits per heavy atom. The van der Waals surface area contributed by atoms with Gasteiger partial charge in [-0.3, -0.25) is 9.59 Å². The van der Waals surface area contributed by atoms with Crippen molar-refractivity contribution in [2.24, 2.45) is 0 Å². The van der Waals surface area contributed by atoms with Gasteiger partial charge < -0.3 is 25.2 Å². The number of aliphatic hydroxyl groups excluding tert-OH is 1. The van der Waals surface area contributed by atoms with Crippen LogP contribution in [-0.4, -0.2) is 68.6 Å². The topological polar surface area (TPSA) is 114 Å². The molecule has 1 fully saturated rings.